The molecule has 104 valence electrons. The van der Waals surface area contributed by atoms with E-state index in [0.717, 1.165) is 5.56 Å². The topological polar surface area (TPSA) is 78.1 Å². The SMILES string of the molecule is CCC(=O)N1CSCC1C(=O)NC(C)c1cn[nH]c1. The second kappa shape index (κ2) is 6.10. The lowest BCUT2D eigenvalue weighted by molar-refractivity contribution is -0.138. The second-order valence-electron chi connectivity index (χ2n) is 4.49. The maximum absolute atomic E-state index is 12.2. The number of H-pyrrole nitrogens is 1. The van der Waals surface area contributed by atoms with Gasteiger partial charge in [-0.15, -0.1) is 11.8 Å². The zero-order chi connectivity index (χ0) is 13.8. The number of rotatable bonds is 4. The van der Waals surface area contributed by atoms with Crippen LogP contribution in [0.2, 0.25) is 0 Å². The van der Waals surface area contributed by atoms with Crippen LogP contribution in [0.3, 0.4) is 0 Å². The summed E-state index contributed by atoms with van der Waals surface area (Å²) in [6.45, 7) is 3.71. The van der Waals surface area contributed by atoms with E-state index in [2.05, 4.69) is 15.5 Å². The van der Waals surface area contributed by atoms with Gasteiger partial charge in [-0.25, -0.2) is 0 Å². The van der Waals surface area contributed by atoms with Crippen LogP contribution in [0.1, 0.15) is 31.9 Å². The van der Waals surface area contributed by atoms with Gasteiger partial charge in [-0.2, -0.15) is 5.10 Å². The van der Waals surface area contributed by atoms with Crippen molar-refractivity contribution in [3.05, 3.63) is 18.0 Å². The highest BCUT2D eigenvalue weighted by molar-refractivity contribution is 7.99. The van der Waals surface area contributed by atoms with Crippen LogP contribution < -0.4 is 5.32 Å². The molecule has 1 aromatic heterocycles. The highest BCUT2D eigenvalue weighted by atomic mass is 32.2. The molecule has 0 radical (unpaired) electrons. The van der Waals surface area contributed by atoms with E-state index in [-0.39, 0.29) is 23.9 Å². The Balaban J connectivity index is 1.97. The fraction of sp³-hybridized carbons (Fsp3) is 0.583. The predicted molar refractivity (Wildman–Crippen MR) is 73.4 cm³/mol. The Bertz CT molecular complexity index is 449. The third kappa shape index (κ3) is 3.09. The van der Waals surface area contributed by atoms with E-state index in [1.54, 1.807) is 29.1 Å². The molecular weight excluding hydrogens is 264 g/mol. The van der Waals surface area contributed by atoms with Gasteiger partial charge in [-0.3, -0.25) is 14.7 Å². The number of hydrogen-bond acceptors (Lipinski definition) is 4. The largest absolute Gasteiger partial charge is 0.348 e. The number of aromatic amines is 1. The first-order valence-electron chi connectivity index (χ1n) is 6.29. The molecule has 1 aromatic rings. The average Bonchev–Trinajstić information content (AvgIpc) is 3.08. The van der Waals surface area contributed by atoms with Crippen molar-refractivity contribution in [3.8, 4) is 0 Å². The molecule has 6 nitrogen and oxygen atoms in total. The summed E-state index contributed by atoms with van der Waals surface area (Å²) in [6.07, 6.45) is 3.87. The number of aromatic nitrogens is 2. The Morgan fingerprint density at radius 3 is 3.11 bits per heavy atom. The molecule has 2 unspecified atom stereocenters. The van der Waals surface area contributed by atoms with Gasteiger partial charge in [0, 0.05) is 23.9 Å². The number of thioether (sulfide) groups is 1. The summed E-state index contributed by atoms with van der Waals surface area (Å²) in [7, 11) is 0. The van der Waals surface area contributed by atoms with Gasteiger partial charge in [-0.1, -0.05) is 6.92 Å². The first-order chi connectivity index (χ1) is 9.13. The van der Waals surface area contributed by atoms with Crippen molar-refractivity contribution in [2.75, 3.05) is 11.6 Å². The van der Waals surface area contributed by atoms with Gasteiger partial charge in [0.2, 0.25) is 11.8 Å². The van der Waals surface area contributed by atoms with E-state index >= 15 is 0 Å². The third-order valence-electron chi connectivity index (χ3n) is 3.19. The molecule has 2 rings (SSSR count). The maximum atomic E-state index is 12.2. The van der Waals surface area contributed by atoms with Crippen LogP contribution in [-0.4, -0.2) is 44.6 Å². The lowest BCUT2D eigenvalue weighted by Gasteiger charge is -2.24. The van der Waals surface area contributed by atoms with Gasteiger partial charge >= 0.3 is 0 Å². The summed E-state index contributed by atoms with van der Waals surface area (Å²) in [6, 6.07) is -0.470. The smallest absolute Gasteiger partial charge is 0.244 e. The second-order valence-corrected chi connectivity index (χ2v) is 5.49. The van der Waals surface area contributed by atoms with E-state index in [9.17, 15) is 9.59 Å². The maximum Gasteiger partial charge on any atom is 0.244 e. The van der Waals surface area contributed by atoms with Crippen LogP contribution >= 0.6 is 11.8 Å². The Morgan fingerprint density at radius 1 is 1.68 bits per heavy atom. The Labute approximate surface area is 116 Å². The first-order valence-corrected chi connectivity index (χ1v) is 7.45. The highest BCUT2D eigenvalue weighted by Crippen LogP contribution is 2.22. The molecule has 2 atom stereocenters. The highest BCUT2D eigenvalue weighted by Gasteiger charge is 2.34. The lowest BCUT2D eigenvalue weighted by atomic mass is 10.1. The number of carbonyl (C=O) groups is 2. The Kier molecular flexibility index (Phi) is 4.47. The van der Waals surface area contributed by atoms with Crippen molar-refractivity contribution in [1.82, 2.24) is 20.4 Å². The molecule has 0 bridgehead atoms. The predicted octanol–water partition coefficient (Wildman–Crippen LogP) is 0.898. The molecule has 0 aromatic carbocycles. The summed E-state index contributed by atoms with van der Waals surface area (Å²) in [5, 5.41) is 9.51. The molecule has 0 saturated carbocycles. The molecule has 1 saturated heterocycles. The Hall–Kier alpha value is -1.50. The first kappa shape index (κ1) is 13.9. The molecule has 1 aliphatic rings. The standard InChI is InChI=1S/C12H18N4O2S/c1-3-11(17)16-7-19-6-10(16)12(18)15-8(2)9-4-13-14-5-9/h4-5,8,10H,3,6-7H2,1-2H3,(H,13,14)(H,15,18). The Morgan fingerprint density at radius 2 is 2.47 bits per heavy atom. The number of nitrogens with one attached hydrogen (secondary N) is 2. The number of nitrogens with zero attached hydrogens (tertiary/aromatic N) is 2. The van der Waals surface area contributed by atoms with Crippen molar-refractivity contribution < 1.29 is 9.59 Å². The third-order valence-corrected chi connectivity index (χ3v) is 4.20. The molecular formula is C12H18N4O2S. The summed E-state index contributed by atoms with van der Waals surface area (Å²) in [5.74, 6) is 1.20. The van der Waals surface area contributed by atoms with Crippen LogP contribution in [0.5, 0.6) is 0 Å². The van der Waals surface area contributed by atoms with E-state index in [1.165, 1.54) is 0 Å². The summed E-state index contributed by atoms with van der Waals surface area (Å²) >= 11 is 1.61. The lowest BCUT2D eigenvalue weighted by Crippen LogP contribution is -2.47. The number of hydrogen-bond donors (Lipinski definition) is 2. The van der Waals surface area contributed by atoms with Crippen molar-refractivity contribution in [1.29, 1.82) is 0 Å². The fourth-order valence-corrected chi connectivity index (χ4v) is 3.18. The summed E-state index contributed by atoms with van der Waals surface area (Å²) < 4.78 is 0. The van der Waals surface area contributed by atoms with E-state index in [1.807, 2.05) is 13.8 Å². The van der Waals surface area contributed by atoms with Crippen LogP contribution in [-0.2, 0) is 9.59 Å². The van der Waals surface area contributed by atoms with Gasteiger partial charge < -0.3 is 10.2 Å². The molecule has 2 heterocycles. The molecule has 0 spiro atoms. The van der Waals surface area contributed by atoms with E-state index < -0.39 is 0 Å². The molecule has 1 fully saturated rings. The van der Waals surface area contributed by atoms with Crippen molar-refractivity contribution in [3.63, 3.8) is 0 Å². The number of carbonyl (C=O) groups excluding carboxylic acids is 2. The summed E-state index contributed by atoms with van der Waals surface area (Å²) in [4.78, 5) is 25.6. The van der Waals surface area contributed by atoms with Crippen molar-refractivity contribution in [2.24, 2.45) is 0 Å². The molecule has 2 amide bonds. The normalized spacial score (nSPS) is 20.3. The van der Waals surface area contributed by atoms with Gasteiger partial charge in [-0.05, 0) is 6.92 Å². The molecule has 2 N–H and O–H groups in total. The van der Waals surface area contributed by atoms with Crippen LogP contribution in [0, 0.1) is 0 Å². The van der Waals surface area contributed by atoms with Crippen LogP contribution in [0.15, 0.2) is 12.4 Å². The average molecular weight is 282 g/mol. The monoisotopic (exact) mass is 282 g/mol. The minimum Gasteiger partial charge on any atom is -0.348 e. The van der Waals surface area contributed by atoms with Gasteiger partial charge in [0.15, 0.2) is 0 Å². The van der Waals surface area contributed by atoms with Crippen LogP contribution in [0.25, 0.3) is 0 Å². The summed E-state index contributed by atoms with van der Waals surface area (Å²) in [5.41, 5.74) is 0.923. The minimum absolute atomic E-state index is 0.0288. The van der Waals surface area contributed by atoms with Gasteiger partial charge in [0.1, 0.15) is 6.04 Å². The molecule has 0 aliphatic carbocycles. The van der Waals surface area contributed by atoms with E-state index in [0.29, 0.717) is 18.1 Å². The van der Waals surface area contributed by atoms with Crippen molar-refractivity contribution >= 4 is 23.6 Å². The molecule has 1 aliphatic heterocycles. The quantitative estimate of drug-likeness (QED) is 0.860. The minimum atomic E-state index is -0.355. The molecule has 7 heteroatoms. The zero-order valence-corrected chi connectivity index (χ0v) is 11.9. The van der Waals surface area contributed by atoms with Crippen LogP contribution in [0.4, 0.5) is 0 Å². The van der Waals surface area contributed by atoms with Gasteiger partial charge in [0.05, 0.1) is 18.1 Å². The zero-order valence-electron chi connectivity index (χ0n) is 11.0. The number of amides is 2. The van der Waals surface area contributed by atoms with E-state index in [4.69, 9.17) is 0 Å². The van der Waals surface area contributed by atoms with Gasteiger partial charge in [0.25, 0.3) is 0 Å². The van der Waals surface area contributed by atoms with Crippen molar-refractivity contribution in [2.45, 2.75) is 32.4 Å². The molecule has 19 heavy (non-hydrogen) atoms. The fourth-order valence-electron chi connectivity index (χ4n) is 2.00.